The van der Waals surface area contributed by atoms with E-state index in [1.807, 2.05) is 18.2 Å². The first kappa shape index (κ1) is 14.5. The summed E-state index contributed by atoms with van der Waals surface area (Å²) in [5.74, 6) is -0.731. The van der Waals surface area contributed by atoms with E-state index < -0.39 is 11.6 Å². The molecular weight excluding hydrogens is 260 g/mol. The molecule has 0 heterocycles. The Morgan fingerprint density at radius 3 is 2.60 bits per heavy atom. The molecule has 0 spiro atoms. The second-order valence-corrected chi connectivity index (χ2v) is 4.46. The van der Waals surface area contributed by atoms with Gasteiger partial charge in [-0.3, -0.25) is 0 Å². The lowest BCUT2D eigenvalue weighted by Gasteiger charge is -2.12. The molecule has 0 aliphatic rings. The van der Waals surface area contributed by atoms with E-state index in [1.54, 1.807) is 6.07 Å². The minimum Gasteiger partial charge on any atom is -0.454 e. The molecule has 0 fully saturated rings. The fraction of sp³-hybridized carbons (Fsp3) is 0.250. The number of hydrogen-bond acceptors (Lipinski definition) is 2. The Hall–Kier alpha value is -1.94. The van der Waals surface area contributed by atoms with Crippen LogP contribution in [0.2, 0.25) is 0 Å². The van der Waals surface area contributed by atoms with Crippen LogP contribution in [0.15, 0.2) is 42.5 Å². The summed E-state index contributed by atoms with van der Waals surface area (Å²) in [7, 11) is 0. The van der Waals surface area contributed by atoms with Crippen LogP contribution in [0.25, 0.3) is 0 Å². The number of benzene rings is 2. The predicted molar refractivity (Wildman–Crippen MR) is 74.9 cm³/mol. The highest BCUT2D eigenvalue weighted by Gasteiger charge is 2.09. The van der Waals surface area contributed by atoms with Gasteiger partial charge in [0, 0.05) is 18.2 Å². The molecule has 2 nitrogen and oxygen atoms in total. The molecular formula is C16H17F2NO. The zero-order valence-electron chi connectivity index (χ0n) is 11.3. The second-order valence-electron chi connectivity index (χ2n) is 4.46. The van der Waals surface area contributed by atoms with Crippen LogP contribution >= 0.6 is 0 Å². The minimum atomic E-state index is -0.707. The van der Waals surface area contributed by atoms with Gasteiger partial charge in [-0.1, -0.05) is 25.1 Å². The van der Waals surface area contributed by atoms with E-state index in [-0.39, 0.29) is 5.75 Å². The van der Waals surface area contributed by atoms with Crippen molar-refractivity contribution in [1.29, 1.82) is 0 Å². The van der Waals surface area contributed by atoms with Crippen LogP contribution in [-0.4, -0.2) is 6.54 Å². The number of halogens is 2. The van der Waals surface area contributed by atoms with Gasteiger partial charge in [0.25, 0.3) is 0 Å². The lowest BCUT2D eigenvalue weighted by molar-refractivity contribution is 0.431. The zero-order valence-corrected chi connectivity index (χ0v) is 11.3. The van der Waals surface area contributed by atoms with Crippen molar-refractivity contribution in [3.63, 3.8) is 0 Å². The Labute approximate surface area is 117 Å². The molecule has 0 aliphatic heterocycles. The summed E-state index contributed by atoms with van der Waals surface area (Å²) in [5.41, 5.74) is 0.935. The molecule has 2 aromatic carbocycles. The molecule has 0 unspecified atom stereocenters. The summed E-state index contributed by atoms with van der Waals surface area (Å²) in [6.45, 7) is 3.63. The average molecular weight is 277 g/mol. The highest BCUT2D eigenvalue weighted by molar-refractivity contribution is 5.38. The second kappa shape index (κ2) is 7.01. The normalized spacial score (nSPS) is 10.6. The van der Waals surface area contributed by atoms with E-state index in [2.05, 4.69) is 12.2 Å². The van der Waals surface area contributed by atoms with Gasteiger partial charge in [-0.05, 0) is 31.2 Å². The molecule has 1 N–H and O–H groups in total. The smallest absolute Gasteiger partial charge is 0.168 e. The van der Waals surface area contributed by atoms with Crippen LogP contribution in [0.5, 0.6) is 11.5 Å². The van der Waals surface area contributed by atoms with E-state index in [0.717, 1.165) is 24.6 Å². The van der Waals surface area contributed by atoms with E-state index in [9.17, 15) is 8.78 Å². The van der Waals surface area contributed by atoms with Crippen LogP contribution < -0.4 is 10.1 Å². The van der Waals surface area contributed by atoms with Crippen molar-refractivity contribution in [2.45, 2.75) is 19.9 Å². The van der Waals surface area contributed by atoms with Crippen molar-refractivity contribution in [2.75, 3.05) is 6.54 Å². The van der Waals surface area contributed by atoms with Crippen LogP contribution in [-0.2, 0) is 6.54 Å². The summed E-state index contributed by atoms with van der Waals surface area (Å²) in [4.78, 5) is 0. The molecule has 20 heavy (non-hydrogen) atoms. The van der Waals surface area contributed by atoms with Crippen LogP contribution in [0, 0.1) is 11.6 Å². The molecule has 0 amide bonds. The van der Waals surface area contributed by atoms with Crippen molar-refractivity contribution < 1.29 is 13.5 Å². The number of ether oxygens (including phenoxy) is 1. The topological polar surface area (TPSA) is 21.3 Å². The third kappa shape index (κ3) is 3.78. The molecule has 0 radical (unpaired) electrons. The van der Waals surface area contributed by atoms with Crippen LogP contribution in [0.4, 0.5) is 8.78 Å². The Morgan fingerprint density at radius 1 is 1.05 bits per heavy atom. The summed E-state index contributed by atoms with van der Waals surface area (Å²) in [6, 6.07) is 10.7. The zero-order chi connectivity index (χ0) is 14.4. The predicted octanol–water partition coefficient (Wildman–Crippen LogP) is 4.26. The van der Waals surface area contributed by atoms with E-state index in [0.29, 0.717) is 12.3 Å². The lowest BCUT2D eigenvalue weighted by atomic mass is 10.2. The average Bonchev–Trinajstić information content (AvgIpc) is 2.44. The highest BCUT2D eigenvalue weighted by atomic mass is 19.1. The molecule has 2 aromatic rings. The number of nitrogens with one attached hydrogen (secondary N) is 1. The molecule has 0 saturated heterocycles. The summed E-state index contributed by atoms with van der Waals surface area (Å²) in [6.07, 6.45) is 1.04. The van der Waals surface area contributed by atoms with Crippen LogP contribution in [0.3, 0.4) is 0 Å². The summed E-state index contributed by atoms with van der Waals surface area (Å²) >= 11 is 0. The standard InChI is InChI=1S/C16H17F2NO/c1-2-9-19-11-12-5-3-4-6-15(12)20-16-8-7-13(17)10-14(16)18/h3-8,10,19H,2,9,11H2,1H3. The number of hydrogen-bond donors (Lipinski definition) is 1. The largest absolute Gasteiger partial charge is 0.454 e. The number of para-hydroxylation sites is 1. The van der Waals surface area contributed by atoms with Crippen molar-refractivity contribution in [1.82, 2.24) is 5.32 Å². The lowest BCUT2D eigenvalue weighted by Crippen LogP contribution is -2.14. The van der Waals surface area contributed by atoms with Gasteiger partial charge in [-0.25, -0.2) is 8.78 Å². The molecule has 0 aromatic heterocycles. The molecule has 0 saturated carbocycles. The fourth-order valence-corrected chi connectivity index (χ4v) is 1.83. The summed E-state index contributed by atoms with van der Waals surface area (Å²) < 4.78 is 32.0. The molecule has 0 atom stereocenters. The van der Waals surface area contributed by atoms with Gasteiger partial charge >= 0.3 is 0 Å². The first-order valence-corrected chi connectivity index (χ1v) is 6.62. The van der Waals surface area contributed by atoms with Crippen molar-refractivity contribution >= 4 is 0 Å². The summed E-state index contributed by atoms with van der Waals surface area (Å²) in [5, 5.41) is 3.27. The molecule has 106 valence electrons. The van der Waals surface area contributed by atoms with Gasteiger partial charge in [-0.15, -0.1) is 0 Å². The Kier molecular flexibility index (Phi) is 5.07. The van der Waals surface area contributed by atoms with Gasteiger partial charge in [0.2, 0.25) is 0 Å². The molecule has 0 bridgehead atoms. The maximum Gasteiger partial charge on any atom is 0.168 e. The third-order valence-corrected chi connectivity index (χ3v) is 2.83. The highest BCUT2D eigenvalue weighted by Crippen LogP contribution is 2.27. The van der Waals surface area contributed by atoms with Gasteiger partial charge in [0.15, 0.2) is 11.6 Å². The Balaban J connectivity index is 2.16. The first-order chi connectivity index (χ1) is 9.70. The van der Waals surface area contributed by atoms with Gasteiger partial charge in [0.1, 0.15) is 11.6 Å². The van der Waals surface area contributed by atoms with E-state index >= 15 is 0 Å². The molecule has 4 heteroatoms. The monoisotopic (exact) mass is 277 g/mol. The Bertz CT molecular complexity index is 572. The maximum absolute atomic E-state index is 13.6. The fourth-order valence-electron chi connectivity index (χ4n) is 1.83. The van der Waals surface area contributed by atoms with Crippen LogP contribution in [0.1, 0.15) is 18.9 Å². The van der Waals surface area contributed by atoms with Gasteiger partial charge < -0.3 is 10.1 Å². The van der Waals surface area contributed by atoms with Crippen molar-refractivity contribution in [3.05, 3.63) is 59.7 Å². The first-order valence-electron chi connectivity index (χ1n) is 6.62. The van der Waals surface area contributed by atoms with Crippen molar-refractivity contribution in [3.8, 4) is 11.5 Å². The third-order valence-electron chi connectivity index (χ3n) is 2.83. The SMILES string of the molecule is CCCNCc1ccccc1Oc1ccc(F)cc1F. The molecule has 0 aliphatic carbocycles. The van der Waals surface area contributed by atoms with Gasteiger partial charge in [0.05, 0.1) is 0 Å². The minimum absolute atomic E-state index is 0.0225. The van der Waals surface area contributed by atoms with E-state index in [4.69, 9.17) is 4.74 Å². The molecule has 2 rings (SSSR count). The quantitative estimate of drug-likeness (QED) is 0.797. The van der Waals surface area contributed by atoms with Gasteiger partial charge in [-0.2, -0.15) is 0 Å². The maximum atomic E-state index is 13.6. The Morgan fingerprint density at radius 2 is 1.85 bits per heavy atom. The van der Waals surface area contributed by atoms with E-state index in [1.165, 1.54) is 12.1 Å². The van der Waals surface area contributed by atoms with Crippen molar-refractivity contribution in [2.24, 2.45) is 0 Å². The number of rotatable bonds is 6.